The Morgan fingerprint density at radius 3 is 2.13 bits per heavy atom. The number of nitrogens with zero attached hydrogens (tertiary/aromatic N) is 1. The van der Waals surface area contributed by atoms with Gasteiger partial charge in [0.2, 0.25) is 0 Å². The maximum Gasteiger partial charge on any atom is 0.490 e. The molecule has 0 radical (unpaired) electrons. The van der Waals surface area contributed by atoms with Gasteiger partial charge in [0.25, 0.3) is 0 Å². The van der Waals surface area contributed by atoms with Crippen molar-refractivity contribution in [1.29, 1.82) is 0 Å². The number of carboxylic acids is 2. The number of aromatic hydroxyl groups is 1. The van der Waals surface area contributed by atoms with Crippen molar-refractivity contribution in [2.75, 3.05) is 19.7 Å². The van der Waals surface area contributed by atoms with Gasteiger partial charge in [0.15, 0.2) is 16.9 Å². The number of aliphatic carboxylic acids is 2. The van der Waals surface area contributed by atoms with Crippen LogP contribution in [0.5, 0.6) is 11.5 Å². The molecule has 1 aromatic rings. The summed E-state index contributed by atoms with van der Waals surface area (Å²) in [4.78, 5) is 21.4. The Morgan fingerprint density at radius 2 is 1.73 bits per heavy atom. The molecule has 0 amide bonds. The number of hydrogen-bond donors (Lipinski definition) is 3. The summed E-state index contributed by atoms with van der Waals surface area (Å²) in [5.41, 5.74) is -2.35. The van der Waals surface area contributed by atoms with Crippen LogP contribution < -0.4 is 4.74 Å². The average Bonchev–Trinajstić information content (AvgIpc) is 3.04. The van der Waals surface area contributed by atoms with Gasteiger partial charge in [-0.2, -0.15) is 26.3 Å². The van der Waals surface area contributed by atoms with Crippen LogP contribution in [0.1, 0.15) is 18.9 Å². The third-order valence-corrected chi connectivity index (χ3v) is 4.32. The molecule has 1 aliphatic rings. The maximum atomic E-state index is 13.1. The zero-order valence-corrected chi connectivity index (χ0v) is 15.5. The van der Waals surface area contributed by atoms with E-state index < -0.39 is 42.7 Å². The van der Waals surface area contributed by atoms with Crippen LogP contribution in [0.25, 0.3) is 0 Å². The molecular weight excluding hydrogens is 428 g/mol. The van der Waals surface area contributed by atoms with Gasteiger partial charge >= 0.3 is 24.3 Å². The predicted octanol–water partition coefficient (Wildman–Crippen LogP) is 3.26. The molecule has 1 saturated heterocycles. The third-order valence-electron chi connectivity index (χ3n) is 4.32. The number of alkyl halides is 6. The molecule has 1 atom stereocenters. The minimum Gasteiger partial charge on any atom is -0.504 e. The minimum atomic E-state index is -5.08. The van der Waals surface area contributed by atoms with Crippen molar-refractivity contribution in [3.63, 3.8) is 0 Å². The number of benzene rings is 1. The summed E-state index contributed by atoms with van der Waals surface area (Å²) in [5.74, 6) is -4.49. The normalized spacial score (nSPS) is 19.7. The summed E-state index contributed by atoms with van der Waals surface area (Å²) in [5, 5.41) is 26.3. The van der Waals surface area contributed by atoms with Crippen molar-refractivity contribution < 1.29 is 56.0 Å². The molecule has 0 bridgehead atoms. The van der Waals surface area contributed by atoms with Crippen molar-refractivity contribution in [2.45, 2.75) is 32.2 Å². The van der Waals surface area contributed by atoms with Crippen LogP contribution in [0.2, 0.25) is 0 Å². The highest BCUT2D eigenvalue weighted by Gasteiger charge is 2.63. The lowest BCUT2D eigenvalue weighted by molar-refractivity contribution is -0.227. The molecule has 1 aromatic carbocycles. The zero-order valence-electron chi connectivity index (χ0n) is 15.5. The van der Waals surface area contributed by atoms with E-state index >= 15 is 0 Å². The SMILES string of the molecule is CCOc1cccc(CN2CCC(C(=O)O)(C(F)(F)F)C2)c1O.O=C(O)C(F)(F)F. The van der Waals surface area contributed by atoms with Crippen LogP contribution in [0.3, 0.4) is 0 Å². The second kappa shape index (κ2) is 9.41. The summed E-state index contributed by atoms with van der Waals surface area (Å²) >= 11 is 0. The second-order valence-corrected chi connectivity index (χ2v) is 6.35. The number of carboxylic acid groups (broad SMARTS) is 2. The number of phenolic OH excluding ortho intramolecular Hbond substituents is 1. The van der Waals surface area contributed by atoms with Gasteiger partial charge in [-0.3, -0.25) is 9.69 Å². The van der Waals surface area contributed by atoms with Gasteiger partial charge in [-0.1, -0.05) is 12.1 Å². The fourth-order valence-corrected chi connectivity index (χ4v) is 2.76. The maximum absolute atomic E-state index is 13.1. The molecule has 30 heavy (non-hydrogen) atoms. The lowest BCUT2D eigenvalue weighted by Crippen LogP contribution is -2.47. The van der Waals surface area contributed by atoms with Crippen LogP contribution in [0.4, 0.5) is 26.3 Å². The Labute approximate surface area is 166 Å². The van der Waals surface area contributed by atoms with Crippen molar-refractivity contribution in [1.82, 2.24) is 4.90 Å². The summed E-state index contributed by atoms with van der Waals surface area (Å²) in [6, 6.07) is 4.76. The molecular formula is C17H19F6NO6. The number of para-hydroxylation sites is 1. The molecule has 1 unspecified atom stereocenters. The van der Waals surface area contributed by atoms with E-state index in [9.17, 15) is 36.2 Å². The van der Waals surface area contributed by atoms with Crippen LogP contribution in [0.15, 0.2) is 18.2 Å². The van der Waals surface area contributed by atoms with E-state index in [2.05, 4.69) is 0 Å². The summed E-state index contributed by atoms with van der Waals surface area (Å²) in [6.45, 7) is 1.47. The van der Waals surface area contributed by atoms with Crippen LogP contribution in [0, 0.1) is 5.41 Å². The Morgan fingerprint density at radius 1 is 1.17 bits per heavy atom. The number of ether oxygens (including phenoxy) is 1. The Bertz CT molecular complexity index is 766. The number of halogens is 6. The molecule has 170 valence electrons. The molecule has 1 aliphatic heterocycles. The summed E-state index contributed by atoms with van der Waals surface area (Å²) < 4.78 is 76.4. The molecule has 0 aliphatic carbocycles. The van der Waals surface area contributed by atoms with Gasteiger partial charge in [0, 0.05) is 25.2 Å². The smallest absolute Gasteiger partial charge is 0.490 e. The molecule has 3 N–H and O–H groups in total. The van der Waals surface area contributed by atoms with Crippen LogP contribution in [-0.4, -0.2) is 64.2 Å². The first-order valence-corrected chi connectivity index (χ1v) is 8.42. The van der Waals surface area contributed by atoms with E-state index in [1.54, 1.807) is 25.1 Å². The van der Waals surface area contributed by atoms with Gasteiger partial charge in [-0.05, 0) is 19.4 Å². The molecule has 0 spiro atoms. The Hall–Kier alpha value is -2.70. The van der Waals surface area contributed by atoms with Gasteiger partial charge in [0.1, 0.15) is 0 Å². The highest BCUT2D eigenvalue weighted by Crippen LogP contribution is 2.46. The quantitative estimate of drug-likeness (QED) is 0.595. The lowest BCUT2D eigenvalue weighted by Gasteiger charge is -2.27. The summed E-state index contributed by atoms with van der Waals surface area (Å²) in [7, 11) is 0. The van der Waals surface area contributed by atoms with Crippen molar-refractivity contribution in [3.8, 4) is 11.5 Å². The monoisotopic (exact) mass is 447 g/mol. The van der Waals surface area contributed by atoms with Gasteiger partial charge < -0.3 is 20.1 Å². The van der Waals surface area contributed by atoms with Crippen molar-refractivity contribution in [2.24, 2.45) is 5.41 Å². The van der Waals surface area contributed by atoms with E-state index in [-0.39, 0.29) is 24.6 Å². The van der Waals surface area contributed by atoms with Gasteiger partial charge in [-0.25, -0.2) is 4.79 Å². The Kier molecular flexibility index (Phi) is 7.95. The molecule has 13 heteroatoms. The number of likely N-dealkylation sites (tertiary alicyclic amines) is 1. The fraction of sp³-hybridized carbons (Fsp3) is 0.529. The highest BCUT2D eigenvalue weighted by molar-refractivity contribution is 5.76. The lowest BCUT2D eigenvalue weighted by atomic mass is 9.86. The van der Waals surface area contributed by atoms with E-state index in [0.29, 0.717) is 12.2 Å². The molecule has 0 saturated carbocycles. The number of phenols is 1. The largest absolute Gasteiger partial charge is 0.504 e. The molecule has 1 fully saturated rings. The molecule has 1 heterocycles. The Balaban J connectivity index is 0.000000553. The van der Waals surface area contributed by atoms with E-state index in [1.165, 1.54) is 4.90 Å². The number of rotatable bonds is 5. The zero-order chi connectivity index (χ0) is 23.3. The van der Waals surface area contributed by atoms with Crippen molar-refractivity contribution in [3.05, 3.63) is 23.8 Å². The third kappa shape index (κ3) is 5.90. The topological polar surface area (TPSA) is 107 Å². The van der Waals surface area contributed by atoms with Gasteiger partial charge in [0.05, 0.1) is 6.61 Å². The minimum absolute atomic E-state index is 0.00981. The molecule has 0 aromatic heterocycles. The van der Waals surface area contributed by atoms with Crippen LogP contribution in [-0.2, 0) is 16.1 Å². The number of hydrogen-bond acceptors (Lipinski definition) is 5. The second-order valence-electron chi connectivity index (χ2n) is 6.35. The van der Waals surface area contributed by atoms with Gasteiger partial charge in [-0.15, -0.1) is 0 Å². The van der Waals surface area contributed by atoms with Crippen molar-refractivity contribution >= 4 is 11.9 Å². The molecule has 7 nitrogen and oxygen atoms in total. The molecule has 2 rings (SSSR count). The fourth-order valence-electron chi connectivity index (χ4n) is 2.76. The van der Waals surface area contributed by atoms with E-state index in [0.717, 1.165) is 0 Å². The first-order valence-electron chi connectivity index (χ1n) is 8.42. The van der Waals surface area contributed by atoms with Crippen LogP contribution >= 0.6 is 0 Å². The van der Waals surface area contributed by atoms with E-state index in [4.69, 9.17) is 19.7 Å². The first-order chi connectivity index (χ1) is 13.7. The standard InChI is InChI=1S/C15H18F3NO4.C2HF3O2/c1-2-23-11-5-3-4-10(12(11)20)8-19-7-6-14(9-19,13(21)22)15(16,17)18;3-2(4,5)1(6)7/h3-5,20H,2,6-9H2,1H3,(H,21,22);(H,6,7). The number of carbonyl (C=O) groups is 2. The summed E-state index contributed by atoms with van der Waals surface area (Å²) in [6.07, 6.45) is -10.4. The average molecular weight is 447 g/mol. The highest BCUT2D eigenvalue weighted by atomic mass is 19.4. The first kappa shape index (κ1) is 25.3. The predicted molar refractivity (Wildman–Crippen MR) is 89.0 cm³/mol. The van der Waals surface area contributed by atoms with E-state index in [1.807, 2.05) is 0 Å².